The smallest absolute Gasteiger partial charge is 0.123 e. The van der Waals surface area contributed by atoms with Gasteiger partial charge >= 0.3 is 0 Å². The molecular formula is C49H44N6. The van der Waals surface area contributed by atoms with Gasteiger partial charge in [0.15, 0.2) is 0 Å². The van der Waals surface area contributed by atoms with Gasteiger partial charge in [-0.25, -0.2) is 0 Å². The first kappa shape index (κ1) is 34.1. The maximum atomic E-state index is 7.01. The first-order valence-corrected chi connectivity index (χ1v) is 19.0. The summed E-state index contributed by atoms with van der Waals surface area (Å²) in [6, 6.07) is 27.3. The predicted octanol–water partition coefficient (Wildman–Crippen LogP) is 11.3. The minimum absolute atomic E-state index is 0.0212. The summed E-state index contributed by atoms with van der Waals surface area (Å²) in [6.07, 6.45) is 22.0. The molecule has 4 aromatic carbocycles. The van der Waals surface area contributed by atoms with Crippen LogP contribution in [-0.2, 0) is 12.8 Å². The summed E-state index contributed by atoms with van der Waals surface area (Å²) in [6.45, 7) is 10.2. The van der Waals surface area contributed by atoms with E-state index in [1.54, 1.807) is 7.05 Å². The lowest BCUT2D eigenvalue weighted by Gasteiger charge is -2.24. The van der Waals surface area contributed by atoms with E-state index in [9.17, 15) is 0 Å². The summed E-state index contributed by atoms with van der Waals surface area (Å²) in [4.78, 5) is 8.73. The van der Waals surface area contributed by atoms with Gasteiger partial charge in [-0.2, -0.15) is 0 Å². The van der Waals surface area contributed by atoms with Gasteiger partial charge < -0.3 is 15.6 Å². The standard InChI is InChI=1S/C49H44N6/c1-6-9-36(28-51-5)32-13-15-44-40(22-32)42-24-34-11-12-35-25-43-41-23-33(37-10-8-18-52-29-37)14-16-45(41)55(49-21-31(4)17-19-53-49)47(43)27-39(35)38(34)26-46(42)54(44)48(50)20-30(3)7-2/h6-10,13-29,49,53H,1,11-12,50H2,2-5H3/b30-7-,36-9+,48-20+,51-28?. The molecule has 0 saturated heterocycles. The van der Waals surface area contributed by atoms with Crippen molar-refractivity contribution in [2.24, 2.45) is 10.7 Å². The van der Waals surface area contributed by atoms with Crippen molar-refractivity contribution in [3.8, 4) is 22.3 Å². The highest BCUT2D eigenvalue weighted by molar-refractivity contribution is 6.16. The number of rotatable bonds is 7. The molecule has 3 aromatic heterocycles. The van der Waals surface area contributed by atoms with Crippen LogP contribution in [0.4, 0.5) is 0 Å². The van der Waals surface area contributed by atoms with Crippen molar-refractivity contribution in [3.05, 3.63) is 162 Å². The third-order valence-electron chi connectivity index (χ3n) is 11.3. The minimum Gasteiger partial charge on any atom is -0.385 e. The number of allylic oxidation sites excluding steroid dienone is 8. The fraction of sp³-hybridized carbons (Fsp3) is 0.143. The lowest BCUT2D eigenvalue weighted by atomic mass is 9.84. The second-order valence-corrected chi connectivity index (χ2v) is 14.7. The van der Waals surface area contributed by atoms with Crippen molar-refractivity contribution in [3.63, 3.8) is 0 Å². The Bertz CT molecular complexity index is 2900. The molecule has 1 unspecified atom stereocenters. The number of hydrogen-bond acceptors (Lipinski definition) is 4. The Morgan fingerprint density at radius 3 is 2.33 bits per heavy atom. The van der Waals surface area contributed by atoms with Gasteiger partial charge in [-0.15, -0.1) is 0 Å². The number of nitrogens with two attached hydrogens (primary N) is 1. The molecule has 1 aliphatic heterocycles. The van der Waals surface area contributed by atoms with E-state index in [-0.39, 0.29) is 6.17 Å². The van der Waals surface area contributed by atoms with E-state index in [1.165, 1.54) is 55.0 Å². The summed E-state index contributed by atoms with van der Waals surface area (Å²) in [5, 5.41) is 8.50. The van der Waals surface area contributed by atoms with Crippen molar-refractivity contribution in [2.75, 3.05) is 7.05 Å². The first-order chi connectivity index (χ1) is 26.9. The number of aryl methyl sites for hydroxylation is 2. The highest BCUT2D eigenvalue weighted by Gasteiger charge is 2.25. The summed E-state index contributed by atoms with van der Waals surface area (Å²) >= 11 is 0. The Morgan fingerprint density at radius 2 is 1.62 bits per heavy atom. The van der Waals surface area contributed by atoms with E-state index in [0.717, 1.165) is 57.1 Å². The Labute approximate surface area is 321 Å². The molecule has 0 saturated carbocycles. The molecule has 0 fully saturated rings. The molecule has 6 nitrogen and oxygen atoms in total. The van der Waals surface area contributed by atoms with Crippen LogP contribution in [0.25, 0.3) is 77.3 Å². The second-order valence-electron chi connectivity index (χ2n) is 14.7. The zero-order valence-electron chi connectivity index (χ0n) is 31.8. The van der Waals surface area contributed by atoms with Gasteiger partial charge in [-0.3, -0.25) is 14.5 Å². The largest absolute Gasteiger partial charge is 0.385 e. The molecule has 270 valence electrons. The molecule has 1 aliphatic carbocycles. The van der Waals surface area contributed by atoms with E-state index in [0.29, 0.717) is 5.82 Å². The molecule has 0 spiro atoms. The lowest BCUT2D eigenvalue weighted by Crippen LogP contribution is -2.22. The summed E-state index contributed by atoms with van der Waals surface area (Å²) in [5.74, 6) is 0.690. The van der Waals surface area contributed by atoms with Gasteiger partial charge in [-0.1, -0.05) is 48.6 Å². The fourth-order valence-corrected chi connectivity index (χ4v) is 8.55. The molecular weight excluding hydrogens is 673 g/mol. The number of hydrogen-bond donors (Lipinski definition) is 2. The van der Waals surface area contributed by atoms with Crippen LogP contribution in [-0.4, -0.2) is 27.4 Å². The third kappa shape index (κ3) is 5.73. The van der Waals surface area contributed by atoms with E-state index in [2.05, 4.69) is 142 Å². The zero-order valence-corrected chi connectivity index (χ0v) is 31.8. The number of fused-ring (bicyclic) bond motifs is 9. The Balaban J connectivity index is 1.31. The summed E-state index contributed by atoms with van der Waals surface area (Å²) in [5.41, 5.74) is 23.6. The van der Waals surface area contributed by atoms with Gasteiger partial charge in [0.1, 0.15) is 12.0 Å². The maximum Gasteiger partial charge on any atom is 0.123 e. The SMILES string of the molecule is C=C/C=C(\C=NC)c1ccc2c(c1)c1cc3c(cc1n2/C(N)=C/C(C)=C\C)-c1cc2c(cc1CC3)c1cc(-c3cccnc3)ccc1n2C1C=C(C)C=CN1. The molecule has 0 amide bonds. The molecule has 4 heterocycles. The van der Waals surface area contributed by atoms with E-state index >= 15 is 0 Å². The number of nitrogens with one attached hydrogen (secondary N) is 1. The fourth-order valence-electron chi connectivity index (χ4n) is 8.55. The normalized spacial score (nSPS) is 16.3. The predicted molar refractivity (Wildman–Crippen MR) is 234 cm³/mol. The second kappa shape index (κ2) is 13.6. The van der Waals surface area contributed by atoms with Gasteiger partial charge in [-0.05, 0) is 157 Å². The molecule has 3 N–H and O–H groups in total. The van der Waals surface area contributed by atoms with Crippen LogP contribution in [0.1, 0.15) is 43.6 Å². The number of benzene rings is 4. The molecule has 2 aliphatic rings. The van der Waals surface area contributed by atoms with Crippen LogP contribution in [0.3, 0.4) is 0 Å². The van der Waals surface area contributed by atoms with Crippen LogP contribution in [0, 0.1) is 0 Å². The minimum atomic E-state index is -0.0212. The van der Waals surface area contributed by atoms with Crippen molar-refractivity contribution < 1.29 is 0 Å². The van der Waals surface area contributed by atoms with E-state index in [4.69, 9.17) is 5.73 Å². The van der Waals surface area contributed by atoms with E-state index in [1.807, 2.05) is 43.8 Å². The molecule has 6 heteroatoms. The maximum absolute atomic E-state index is 7.01. The molecule has 55 heavy (non-hydrogen) atoms. The van der Waals surface area contributed by atoms with Crippen LogP contribution in [0.2, 0.25) is 0 Å². The lowest BCUT2D eigenvalue weighted by molar-refractivity contribution is 0.573. The number of aliphatic imine (C=N–C) groups is 1. The van der Waals surface area contributed by atoms with Gasteiger partial charge in [0.2, 0.25) is 0 Å². The molecule has 0 bridgehead atoms. The quantitative estimate of drug-likeness (QED) is 0.127. The van der Waals surface area contributed by atoms with Crippen molar-refractivity contribution in [1.82, 2.24) is 19.4 Å². The third-order valence-corrected chi connectivity index (χ3v) is 11.3. The highest BCUT2D eigenvalue weighted by atomic mass is 15.2. The molecule has 1 atom stereocenters. The van der Waals surface area contributed by atoms with Crippen molar-refractivity contribution in [1.29, 1.82) is 0 Å². The van der Waals surface area contributed by atoms with E-state index < -0.39 is 0 Å². The van der Waals surface area contributed by atoms with Crippen molar-refractivity contribution >= 4 is 61.2 Å². The van der Waals surface area contributed by atoms with Crippen LogP contribution < -0.4 is 11.1 Å². The Hall–Kier alpha value is -6.66. The molecule has 0 radical (unpaired) electrons. The summed E-state index contributed by atoms with van der Waals surface area (Å²) < 4.78 is 4.69. The van der Waals surface area contributed by atoms with Crippen LogP contribution in [0.5, 0.6) is 0 Å². The van der Waals surface area contributed by atoms with Crippen LogP contribution in [0.15, 0.2) is 151 Å². The zero-order chi connectivity index (χ0) is 37.8. The Kier molecular flexibility index (Phi) is 8.46. The van der Waals surface area contributed by atoms with Crippen molar-refractivity contribution in [2.45, 2.75) is 39.8 Å². The number of pyridine rings is 1. The van der Waals surface area contributed by atoms with Gasteiger partial charge in [0, 0.05) is 52.8 Å². The average Bonchev–Trinajstić information content (AvgIpc) is 3.70. The highest BCUT2D eigenvalue weighted by Crippen LogP contribution is 2.44. The average molecular weight is 717 g/mol. The summed E-state index contributed by atoms with van der Waals surface area (Å²) in [7, 11) is 1.80. The molecule has 7 aromatic rings. The first-order valence-electron chi connectivity index (χ1n) is 19.0. The number of dihydropyridines is 1. The number of nitrogens with zero attached hydrogens (tertiary/aromatic N) is 4. The monoisotopic (exact) mass is 716 g/mol. The molecule has 9 rings (SSSR count). The Morgan fingerprint density at radius 1 is 0.891 bits per heavy atom. The van der Waals surface area contributed by atoms with Gasteiger partial charge in [0.05, 0.1) is 22.1 Å². The number of aromatic nitrogens is 3. The topological polar surface area (TPSA) is 73.2 Å². The van der Waals surface area contributed by atoms with Gasteiger partial charge in [0.25, 0.3) is 0 Å². The van der Waals surface area contributed by atoms with Crippen LogP contribution >= 0.6 is 0 Å².